The number of methoxy groups -OCH3 is 1. The van der Waals surface area contributed by atoms with Gasteiger partial charge >= 0.3 is 0 Å². The molecule has 0 aromatic heterocycles. The van der Waals surface area contributed by atoms with Gasteiger partial charge in [0.25, 0.3) is 0 Å². The van der Waals surface area contributed by atoms with Crippen molar-refractivity contribution in [3.63, 3.8) is 0 Å². The number of benzene rings is 1. The summed E-state index contributed by atoms with van der Waals surface area (Å²) in [5.41, 5.74) is 0.754. The summed E-state index contributed by atoms with van der Waals surface area (Å²) in [6, 6.07) is 9.94. The van der Waals surface area contributed by atoms with Crippen molar-refractivity contribution in [3.05, 3.63) is 29.8 Å². The maximum absolute atomic E-state index is 8.74. The Morgan fingerprint density at radius 2 is 2.27 bits per heavy atom. The van der Waals surface area contributed by atoms with Crippen LogP contribution in [0.15, 0.2) is 24.3 Å². The fourth-order valence-electron chi connectivity index (χ4n) is 1.76. The molecule has 0 bridgehead atoms. The van der Waals surface area contributed by atoms with Gasteiger partial charge in [0.1, 0.15) is 11.4 Å². The van der Waals surface area contributed by atoms with Gasteiger partial charge in [-0.3, -0.25) is 0 Å². The van der Waals surface area contributed by atoms with E-state index in [-0.39, 0.29) is 11.7 Å². The Balaban J connectivity index is 2.16. The van der Waals surface area contributed by atoms with Crippen molar-refractivity contribution in [2.75, 3.05) is 7.11 Å². The molecule has 2 atom stereocenters. The first-order valence-electron chi connectivity index (χ1n) is 4.89. The fourth-order valence-corrected chi connectivity index (χ4v) is 1.76. The highest BCUT2D eigenvalue weighted by atomic mass is 16.6. The van der Waals surface area contributed by atoms with Gasteiger partial charge in [0.05, 0.1) is 13.2 Å². The maximum Gasteiger partial charge on any atom is 0.173 e. The second kappa shape index (κ2) is 3.56. The quantitative estimate of drug-likeness (QED) is 0.705. The second-order valence-electron chi connectivity index (χ2n) is 3.93. The van der Waals surface area contributed by atoms with E-state index in [1.165, 1.54) is 0 Å². The zero-order chi connectivity index (χ0) is 10.9. The molecule has 3 heteroatoms. The number of epoxide rings is 1. The van der Waals surface area contributed by atoms with Crippen LogP contribution >= 0.6 is 0 Å². The summed E-state index contributed by atoms with van der Waals surface area (Å²) in [6.07, 6.45) is 0.442. The summed E-state index contributed by atoms with van der Waals surface area (Å²) in [5, 5.41) is 8.74. The Morgan fingerprint density at radius 1 is 1.53 bits per heavy atom. The lowest BCUT2D eigenvalue weighted by Crippen LogP contribution is -2.13. The standard InChI is InChI=1S/C12H13NO2/c1-12(11(8-13)15-12)7-9-5-3-4-6-10(9)14-2/h3-6,11H,7H2,1-2H3. The number of nitriles is 1. The average molecular weight is 203 g/mol. The van der Waals surface area contributed by atoms with Gasteiger partial charge in [0.2, 0.25) is 0 Å². The fraction of sp³-hybridized carbons (Fsp3) is 0.417. The van der Waals surface area contributed by atoms with Crippen molar-refractivity contribution in [1.82, 2.24) is 0 Å². The lowest BCUT2D eigenvalue weighted by molar-refractivity contribution is 0.311. The molecule has 1 aromatic rings. The topological polar surface area (TPSA) is 45.5 Å². The smallest absolute Gasteiger partial charge is 0.173 e. The van der Waals surface area contributed by atoms with E-state index >= 15 is 0 Å². The summed E-state index contributed by atoms with van der Waals surface area (Å²) < 4.78 is 10.6. The van der Waals surface area contributed by atoms with Gasteiger partial charge in [-0.1, -0.05) is 18.2 Å². The summed E-state index contributed by atoms with van der Waals surface area (Å²) in [4.78, 5) is 0. The van der Waals surface area contributed by atoms with Crippen molar-refractivity contribution in [2.45, 2.75) is 25.0 Å². The number of para-hydroxylation sites is 1. The van der Waals surface area contributed by atoms with E-state index in [4.69, 9.17) is 14.7 Å². The van der Waals surface area contributed by atoms with E-state index in [0.717, 1.165) is 17.7 Å². The Labute approximate surface area is 89.2 Å². The second-order valence-corrected chi connectivity index (χ2v) is 3.93. The van der Waals surface area contributed by atoms with Crippen LogP contribution < -0.4 is 4.74 Å². The van der Waals surface area contributed by atoms with E-state index in [9.17, 15) is 0 Å². The molecule has 1 fully saturated rings. The molecular formula is C12H13NO2. The minimum absolute atomic E-state index is 0.276. The zero-order valence-electron chi connectivity index (χ0n) is 8.86. The lowest BCUT2D eigenvalue weighted by atomic mass is 9.97. The first-order chi connectivity index (χ1) is 7.19. The van der Waals surface area contributed by atoms with Crippen molar-refractivity contribution >= 4 is 0 Å². The number of ether oxygens (including phenoxy) is 2. The predicted molar refractivity (Wildman–Crippen MR) is 55.6 cm³/mol. The van der Waals surface area contributed by atoms with Crippen LogP contribution in [0.25, 0.3) is 0 Å². The SMILES string of the molecule is COc1ccccc1CC1(C)OC1C#N. The van der Waals surface area contributed by atoms with Crippen LogP contribution in [0.1, 0.15) is 12.5 Å². The van der Waals surface area contributed by atoms with Crippen LogP contribution in [-0.4, -0.2) is 18.8 Å². The van der Waals surface area contributed by atoms with Crippen molar-refractivity contribution < 1.29 is 9.47 Å². The van der Waals surface area contributed by atoms with Gasteiger partial charge in [-0.2, -0.15) is 5.26 Å². The van der Waals surface area contributed by atoms with Crippen LogP contribution in [0.5, 0.6) is 5.75 Å². The Kier molecular flexibility index (Phi) is 2.37. The molecule has 0 amide bonds. The molecule has 1 aliphatic heterocycles. The van der Waals surface area contributed by atoms with Gasteiger partial charge in [-0.15, -0.1) is 0 Å². The van der Waals surface area contributed by atoms with Crippen LogP contribution in [0.3, 0.4) is 0 Å². The van der Waals surface area contributed by atoms with Gasteiger partial charge in [-0.05, 0) is 18.6 Å². The van der Waals surface area contributed by atoms with E-state index in [1.807, 2.05) is 31.2 Å². The normalized spacial score (nSPS) is 28.2. The third-order valence-electron chi connectivity index (χ3n) is 2.74. The van der Waals surface area contributed by atoms with E-state index < -0.39 is 0 Å². The third-order valence-corrected chi connectivity index (χ3v) is 2.74. The minimum Gasteiger partial charge on any atom is -0.496 e. The molecule has 1 aromatic carbocycles. The first-order valence-corrected chi connectivity index (χ1v) is 4.89. The van der Waals surface area contributed by atoms with Gasteiger partial charge in [-0.25, -0.2) is 0 Å². The molecule has 0 N–H and O–H groups in total. The Morgan fingerprint density at radius 3 is 2.87 bits per heavy atom. The third kappa shape index (κ3) is 1.81. The summed E-state index contributed by atoms with van der Waals surface area (Å²) >= 11 is 0. The van der Waals surface area contributed by atoms with Crippen molar-refractivity contribution in [2.24, 2.45) is 0 Å². The summed E-state index contributed by atoms with van der Waals surface area (Å²) in [6.45, 7) is 1.95. The van der Waals surface area contributed by atoms with E-state index in [1.54, 1.807) is 7.11 Å². The molecule has 1 saturated heterocycles. The maximum atomic E-state index is 8.74. The molecule has 2 unspecified atom stereocenters. The van der Waals surface area contributed by atoms with Gasteiger partial charge < -0.3 is 9.47 Å². The molecule has 3 nitrogen and oxygen atoms in total. The molecule has 2 rings (SSSR count). The molecule has 78 valence electrons. The number of hydrogen-bond donors (Lipinski definition) is 0. The van der Waals surface area contributed by atoms with Crippen LogP contribution in [0.2, 0.25) is 0 Å². The van der Waals surface area contributed by atoms with Gasteiger partial charge in [0, 0.05) is 6.42 Å². The largest absolute Gasteiger partial charge is 0.496 e. The molecule has 0 aliphatic carbocycles. The number of rotatable bonds is 3. The van der Waals surface area contributed by atoms with Crippen molar-refractivity contribution in [3.8, 4) is 11.8 Å². The predicted octanol–water partition coefficient (Wildman–Crippen LogP) is 1.92. The molecule has 0 spiro atoms. The van der Waals surface area contributed by atoms with Gasteiger partial charge in [0.15, 0.2) is 6.10 Å². The molecule has 0 radical (unpaired) electrons. The zero-order valence-corrected chi connectivity index (χ0v) is 8.86. The molecule has 1 heterocycles. The highest BCUT2D eigenvalue weighted by Gasteiger charge is 2.52. The van der Waals surface area contributed by atoms with E-state index in [0.29, 0.717) is 0 Å². The molecule has 15 heavy (non-hydrogen) atoms. The molecular weight excluding hydrogens is 190 g/mol. The van der Waals surface area contributed by atoms with Crippen LogP contribution in [0, 0.1) is 11.3 Å². The van der Waals surface area contributed by atoms with E-state index in [2.05, 4.69) is 6.07 Å². The Hall–Kier alpha value is -1.53. The minimum atomic E-state index is -0.330. The molecule has 1 aliphatic rings. The monoisotopic (exact) mass is 203 g/mol. The highest BCUT2D eigenvalue weighted by Crippen LogP contribution is 2.40. The average Bonchev–Trinajstić information content (AvgIpc) is 2.90. The lowest BCUT2D eigenvalue weighted by Gasteiger charge is -2.09. The highest BCUT2D eigenvalue weighted by molar-refractivity contribution is 5.36. The molecule has 0 saturated carbocycles. The first kappa shape index (κ1) is 10.0. The summed E-state index contributed by atoms with van der Waals surface area (Å²) in [7, 11) is 1.65. The van der Waals surface area contributed by atoms with Crippen molar-refractivity contribution in [1.29, 1.82) is 5.26 Å². The number of nitrogens with zero attached hydrogens (tertiary/aromatic N) is 1. The Bertz CT molecular complexity index is 410. The van der Waals surface area contributed by atoms with Crippen LogP contribution in [0.4, 0.5) is 0 Å². The van der Waals surface area contributed by atoms with Crippen LogP contribution in [-0.2, 0) is 11.2 Å². The summed E-state index contributed by atoms with van der Waals surface area (Å²) in [5.74, 6) is 0.853. The number of hydrogen-bond acceptors (Lipinski definition) is 3.